The van der Waals surface area contributed by atoms with E-state index in [1.54, 1.807) is 0 Å². The summed E-state index contributed by atoms with van der Waals surface area (Å²) in [6, 6.07) is 0.138. The van der Waals surface area contributed by atoms with Crippen LogP contribution < -0.4 is 5.73 Å². The van der Waals surface area contributed by atoms with Crippen LogP contribution in [0.2, 0.25) is 0 Å². The summed E-state index contributed by atoms with van der Waals surface area (Å²) in [7, 11) is 0. The van der Waals surface area contributed by atoms with Crippen LogP contribution in [0.1, 0.15) is 17.5 Å². The van der Waals surface area contributed by atoms with Gasteiger partial charge in [-0.3, -0.25) is 9.59 Å². The molecule has 0 bridgehead atoms. The van der Waals surface area contributed by atoms with Gasteiger partial charge in [0.2, 0.25) is 0 Å². The van der Waals surface area contributed by atoms with E-state index in [0.717, 1.165) is 0 Å². The van der Waals surface area contributed by atoms with Gasteiger partial charge < -0.3 is 15.9 Å². The molecule has 0 spiro atoms. The first-order chi connectivity index (χ1) is 10.0. The molecule has 4 N–H and O–H groups in total. The summed E-state index contributed by atoms with van der Waals surface area (Å²) < 4.78 is 51.3. The van der Waals surface area contributed by atoms with E-state index in [2.05, 4.69) is 0 Å². The van der Waals surface area contributed by atoms with Crippen molar-refractivity contribution in [2.45, 2.75) is 25.1 Å². The molecule has 0 fully saturated rings. The Bertz CT molecular complexity index is 574. The quantitative estimate of drug-likeness (QED) is 0.694. The van der Waals surface area contributed by atoms with E-state index in [-0.39, 0.29) is 0 Å². The molecule has 2 atom stereocenters. The maximum absolute atomic E-state index is 13.6. The summed E-state index contributed by atoms with van der Waals surface area (Å²) in [5.41, 5.74) is 3.64. The second kappa shape index (κ2) is 6.73. The van der Waals surface area contributed by atoms with Gasteiger partial charge in [-0.2, -0.15) is 13.2 Å². The number of hydrogen-bond donors (Lipinski definition) is 3. The molecular weight excluding hydrogens is 310 g/mol. The van der Waals surface area contributed by atoms with E-state index >= 15 is 0 Å². The molecule has 122 valence electrons. The monoisotopic (exact) mass is 323 g/mol. The van der Waals surface area contributed by atoms with Gasteiger partial charge in [-0.25, -0.2) is 4.39 Å². The second-order valence-corrected chi connectivity index (χ2v) is 4.72. The lowest BCUT2D eigenvalue weighted by Crippen LogP contribution is -2.35. The zero-order valence-corrected chi connectivity index (χ0v) is 11.1. The molecule has 0 heterocycles. The number of nitrogens with two attached hydrogens (primary N) is 1. The van der Waals surface area contributed by atoms with Crippen molar-refractivity contribution in [3.8, 4) is 0 Å². The number of alkyl halides is 3. The highest BCUT2D eigenvalue weighted by Crippen LogP contribution is 2.31. The van der Waals surface area contributed by atoms with Crippen LogP contribution in [-0.4, -0.2) is 28.2 Å². The number of rotatable bonds is 6. The van der Waals surface area contributed by atoms with E-state index in [9.17, 15) is 27.2 Å². The van der Waals surface area contributed by atoms with Crippen LogP contribution in [0.5, 0.6) is 0 Å². The third-order valence-electron chi connectivity index (χ3n) is 3.04. The van der Waals surface area contributed by atoms with Crippen molar-refractivity contribution in [3.05, 3.63) is 35.1 Å². The fourth-order valence-corrected chi connectivity index (χ4v) is 1.85. The maximum Gasteiger partial charge on any atom is 0.416 e. The van der Waals surface area contributed by atoms with E-state index in [4.69, 9.17) is 15.9 Å². The molecule has 0 amide bonds. The molecular formula is C13H13F4NO4. The Balaban J connectivity index is 3.03. The Morgan fingerprint density at radius 1 is 1.18 bits per heavy atom. The molecule has 22 heavy (non-hydrogen) atoms. The van der Waals surface area contributed by atoms with Gasteiger partial charge in [0.1, 0.15) is 11.9 Å². The molecule has 0 aliphatic carbocycles. The lowest BCUT2D eigenvalue weighted by atomic mass is 9.92. The van der Waals surface area contributed by atoms with Crippen molar-refractivity contribution >= 4 is 11.9 Å². The zero-order chi connectivity index (χ0) is 17.1. The van der Waals surface area contributed by atoms with Crippen LogP contribution in [0.15, 0.2) is 18.2 Å². The third kappa shape index (κ3) is 4.69. The van der Waals surface area contributed by atoms with Crippen LogP contribution in [0, 0.1) is 11.7 Å². The van der Waals surface area contributed by atoms with Gasteiger partial charge in [0.05, 0.1) is 11.5 Å². The van der Waals surface area contributed by atoms with Gasteiger partial charge in [0.15, 0.2) is 0 Å². The predicted octanol–water partition coefficient (Wildman–Crippen LogP) is 1.89. The summed E-state index contributed by atoms with van der Waals surface area (Å²) in [5.74, 6) is -5.32. The first kappa shape index (κ1) is 17.9. The van der Waals surface area contributed by atoms with Crippen LogP contribution >= 0.6 is 0 Å². The van der Waals surface area contributed by atoms with Gasteiger partial charge in [-0.05, 0) is 36.6 Å². The number of aliphatic carboxylic acids is 2. The fourth-order valence-electron chi connectivity index (χ4n) is 1.85. The first-order valence-electron chi connectivity index (χ1n) is 6.09. The summed E-state index contributed by atoms with van der Waals surface area (Å²) in [4.78, 5) is 21.7. The van der Waals surface area contributed by atoms with E-state index in [1.807, 2.05) is 0 Å². The lowest BCUT2D eigenvalue weighted by Gasteiger charge is -2.16. The summed E-state index contributed by atoms with van der Waals surface area (Å²) in [6.45, 7) is 0. The molecule has 0 aromatic heterocycles. The molecule has 1 rings (SSSR count). The molecule has 0 saturated heterocycles. The molecule has 0 aliphatic heterocycles. The van der Waals surface area contributed by atoms with Crippen molar-refractivity contribution < 1.29 is 37.4 Å². The normalized spacial score (nSPS) is 14.4. The third-order valence-corrected chi connectivity index (χ3v) is 3.04. The summed E-state index contributed by atoms with van der Waals surface area (Å²) in [5, 5.41) is 17.6. The number of carboxylic acid groups (broad SMARTS) is 2. The molecule has 0 radical (unpaired) electrons. The highest BCUT2D eigenvalue weighted by molar-refractivity contribution is 5.76. The van der Waals surface area contributed by atoms with Crippen molar-refractivity contribution in [1.29, 1.82) is 0 Å². The number of benzene rings is 1. The Hall–Kier alpha value is -2.16. The lowest BCUT2D eigenvalue weighted by molar-refractivity contribution is -0.143. The smallest absolute Gasteiger partial charge is 0.416 e. The SMILES string of the molecule is NC(CC(Cc1cc(C(F)(F)F)ccc1F)C(=O)O)C(=O)O. The number of carboxylic acids is 2. The Labute approximate surface area is 122 Å². The van der Waals surface area contributed by atoms with Crippen LogP contribution in [0.25, 0.3) is 0 Å². The van der Waals surface area contributed by atoms with Gasteiger partial charge in [0, 0.05) is 0 Å². The van der Waals surface area contributed by atoms with E-state index in [0.29, 0.717) is 18.2 Å². The van der Waals surface area contributed by atoms with Crippen molar-refractivity contribution in [3.63, 3.8) is 0 Å². The van der Waals surface area contributed by atoms with Crippen LogP contribution in [-0.2, 0) is 22.2 Å². The Kier molecular flexibility index (Phi) is 5.48. The van der Waals surface area contributed by atoms with E-state index < -0.39 is 59.9 Å². The summed E-state index contributed by atoms with van der Waals surface area (Å²) in [6.07, 6.45) is -5.81. The number of hydrogen-bond acceptors (Lipinski definition) is 3. The topological polar surface area (TPSA) is 101 Å². The van der Waals surface area contributed by atoms with Crippen LogP contribution in [0.3, 0.4) is 0 Å². The highest BCUT2D eigenvalue weighted by Gasteiger charge is 2.32. The van der Waals surface area contributed by atoms with Crippen LogP contribution in [0.4, 0.5) is 17.6 Å². The Morgan fingerprint density at radius 3 is 2.23 bits per heavy atom. The number of carbonyl (C=O) groups is 2. The molecule has 1 aromatic rings. The minimum Gasteiger partial charge on any atom is -0.481 e. The average molecular weight is 323 g/mol. The predicted molar refractivity (Wildman–Crippen MR) is 66.5 cm³/mol. The largest absolute Gasteiger partial charge is 0.481 e. The molecule has 9 heteroatoms. The maximum atomic E-state index is 13.6. The standard InChI is InChI=1S/C13H13F4NO4/c14-9-2-1-8(13(15,16)17)4-6(9)3-7(11(19)20)5-10(18)12(21)22/h1-2,4,7,10H,3,5,18H2,(H,19,20)(H,21,22). The molecule has 5 nitrogen and oxygen atoms in total. The van der Waals surface area contributed by atoms with Gasteiger partial charge in [-0.1, -0.05) is 0 Å². The minimum absolute atomic E-state index is 0.459. The Morgan fingerprint density at radius 2 is 1.77 bits per heavy atom. The number of halogens is 4. The molecule has 2 unspecified atom stereocenters. The molecule has 0 aliphatic rings. The van der Waals surface area contributed by atoms with Crippen molar-refractivity contribution in [2.24, 2.45) is 11.7 Å². The van der Waals surface area contributed by atoms with Gasteiger partial charge in [-0.15, -0.1) is 0 Å². The highest BCUT2D eigenvalue weighted by atomic mass is 19.4. The average Bonchev–Trinajstić information content (AvgIpc) is 2.38. The minimum atomic E-state index is -4.70. The van der Waals surface area contributed by atoms with E-state index in [1.165, 1.54) is 0 Å². The van der Waals surface area contributed by atoms with Crippen molar-refractivity contribution in [2.75, 3.05) is 0 Å². The van der Waals surface area contributed by atoms with Gasteiger partial charge in [0.25, 0.3) is 0 Å². The summed E-state index contributed by atoms with van der Waals surface area (Å²) >= 11 is 0. The first-order valence-corrected chi connectivity index (χ1v) is 6.09. The second-order valence-electron chi connectivity index (χ2n) is 4.72. The fraction of sp³-hybridized carbons (Fsp3) is 0.385. The zero-order valence-electron chi connectivity index (χ0n) is 11.1. The van der Waals surface area contributed by atoms with Gasteiger partial charge >= 0.3 is 18.1 Å². The molecule has 1 aromatic carbocycles. The molecule has 0 saturated carbocycles. The van der Waals surface area contributed by atoms with Crippen molar-refractivity contribution in [1.82, 2.24) is 0 Å².